The minimum absolute atomic E-state index is 0.0731. The molecule has 1 rings (SSSR count). The van der Waals surface area contributed by atoms with E-state index < -0.39 is 0 Å². The molecule has 0 saturated heterocycles. The lowest BCUT2D eigenvalue weighted by Gasteiger charge is -2.03. The molecule has 0 radical (unpaired) electrons. The second-order valence-electron chi connectivity index (χ2n) is 2.69. The molecule has 4 heteroatoms. The summed E-state index contributed by atoms with van der Waals surface area (Å²) in [6, 6.07) is 5.19. The fourth-order valence-corrected chi connectivity index (χ4v) is 1.51. The normalized spacial score (nSPS) is 8.87. The monoisotopic (exact) mass is 247 g/mol. The summed E-state index contributed by atoms with van der Waals surface area (Å²) in [5, 5.41) is 3.81. The molecule has 0 atom stereocenters. The molecule has 0 unspecified atom stereocenters. The molecule has 1 aromatic rings. The first-order valence-corrected chi connectivity index (χ1v) is 5.53. The Morgan fingerprint density at radius 2 is 1.67 bits per heavy atom. The first kappa shape index (κ1) is 14.3. The summed E-state index contributed by atoms with van der Waals surface area (Å²) in [6.45, 7) is 5.92. The Labute approximate surface area is 101 Å². The smallest absolute Gasteiger partial charge is 0.217 e. The number of carbonyl (C=O) groups is 1. The first-order chi connectivity index (χ1) is 7.08. The van der Waals surface area contributed by atoms with E-state index in [0.29, 0.717) is 16.6 Å². The Bertz CT molecular complexity index is 306. The van der Waals surface area contributed by atoms with E-state index in [1.165, 1.54) is 6.92 Å². The summed E-state index contributed by atoms with van der Waals surface area (Å²) in [7, 11) is 0. The number of hydrogen-bond acceptors (Lipinski definition) is 1. The highest BCUT2D eigenvalue weighted by Crippen LogP contribution is 2.18. The highest BCUT2D eigenvalue weighted by Gasteiger charge is 1.98. The van der Waals surface area contributed by atoms with Gasteiger partial charge >= 0.3 is 0 Å². The third-order valence-corrected chi connectivity index (χ3v) is 1.90. The van der Waals surface area contributed by atoms with Crippen LogP contribution in [0.5, 0.6) is 0 Å². The van der Waals surface area contributed by atoms with Crippen molar-refractivity contribution in [3.05, 3.63) is 33.8 Å². The lowest BCUT2D eigenvalue weighted by molar-refractivity contribution is -0.119. The van der Waals surface area contributed by atoms with Gasteiger partial charge in [-0.2, -0.15) is 0 Å². The van der Waals surface area contributed by atoms with Crippen LogP contribution in [0.2, 0.25) is 10.0 Å². The molecular formula is C11H15Cl2NO. The first-order valence-electron chi connectivity index (χ1n) is 4.77. The lowest BCUT2D eigenvalue weighted by Crippen LogP contribution is -2.18. The van der Waals surface area contributed by atoms with Gasteiger partial charge < -0.3 is 5.32 Å². The van der Waals surface area contributed by atoms with E-state index in [2.05, 4.69) is 5.32 Å². The largest absolute Gasteiger partial charge is 0.352 e. The molecule has 0 heterocycles. The quantitative estimate of drug-likeness (QED) is 0.850. The van der Waals surface area contributed by atoms with Gasteiger partial charge in [0.25, 0.3) is 0 Å². The van der Waals surface area contributed by atoms with Gasteiger partial charge in [-0.05, 0) is 23.8 Å². The number of benzene rings is 1. The summed E-state index contributed by atoms with van der Waals surface area (Å²) >= 11 is 11.5. The Balaban J connectivity index is 0.000000921. The Kier molecular flexibility index (Phi) is 7.18. The van der Waals surface area contributed by atoms with Crippen molar-refractivity contribution in [2.45, 2.75) is 27.3 Å². The van der Waals surface area contributed by atoms with Crippen molar-refractivity contribution >= 4 is 29.1 Å². The van der Waals surface area contributed by atoms with Gasteiger partial charge in [0, 0.05) is 23.5 Å². The highest BCUT2D eigenvalue weighted by molar-refractivity contribution is 6.34. The number of halogens is 2. The fraction of sp³-hybridized carbons (Fsp3) is 0.364. The molecule has 0 spiro atoms. The molecule has 0 aliphatic rings. The van der Waals surface area contributed by atoms with Crippen LogP contribution in [0, 0.1) is 0 Å². The second kappa shape index (κ2) is 7.55. The van der Waals surface area contributed by atoms with Crippen LogP contribution < -0.4 is 5.32 Å². The predicted octanol–water partition coefficient (Wildman–Crippen LogP) is 3.66. The van der Waals surface area contributed by atoms with Gasteiger partial charge in [0.2, 0.25) is 5.91 Å². The predicted molar refractivity (Wildman–Crippen MR) is 65.3 cm³/mol. The van der Waals surface area contributed by atoms with Gasteiger partial charge in [-0.3, -0.25) is 4.79 Å². The van der Waals surface area contributed by atoms with Gasteiger partial charge in [-0.15, -0.1) is 0 Å². The van der Waals surface area contributed by atoms with E-state index in [0.717, 1.165) is 5.56 Å². The van der Waals surface area contributed by atoms with E-state index in [-0.39, 0.29) is 5.91 Å². The Morgan fingerprint density at radius 1 is 1.20 bits per heavy atom. The Hall–Kier alpha value is -0.730. The zero-order valence-electron chi connectivity index (χ0n) is 9.10. The van der Waals surface area contributed by atoms with Crippen LogP contribution in [-0.2, 0) is 11.3 Å². The number of hydrogen-bond donors (Lipinski definition) is 1. The maximum absolute atomic E-state index is 10.6. The van der Waals surface area contributed by atoms with E-state index in [1.54, 1.807) is 18.2 Å². The molecular weight excluding hydrogens is 233 g/mol. The highest BCUT2D eigenvalue weighted by atomic mass is 35.5. The van der Waals surface area contributed by atoms with Gasteiger partial charge in [-0.1, -0.05) is 37.0 Å². The molecule has 2 nitrogen and oxygen atoms in total. The van der Waals surface area contributed by atoms with Crippen molar-refractivity contribution in [3.63, 3.8) is 0 Å². The zero-order chi connectivity index (χ0) is 11.8. The van der Waals surface area contributed by atoms with Crippen LogP contribution in [0.25, 0.3) is 0 Å². The molecule has 0 bridgehead atoms. The van der Waals surface area contributed by atoms with Crippen LogP contribution in [0.15, 0.2) is 18.2 Å². The van der Waals surface area contributed by atoms with Gasteiger partial charge in [-0.25, -0.2) is 0 Å². The third-order valence-electron chi connectivity index (χ3n) is 1.46. The second-order valence-corrected chi connectivity index (χ2v) is 3.56. The minimum atomic E-state index is -0.0731. The standard InChI is InChI=1S/C9H9Cl2NO.C2H6/c1-6(13)12-5-7-2-8(10)4-9(11)3-7;1-2/h2-4H,5H2,1H3,(H,12,13);1-2H3. The summed E-state index contributed by atoms with van der Waals surface area (Å²) in [6.07, 6.45) is 0. The van der Waals surface area contributed by atoms with E-state index in [4.69, 9.17) is 23.2 Å². The van der Waals surface area contributed by atoms with Gasteiger partial charge in [0.05, 0.1) is 0 Å². The molecule has 1 amide bonds. The van der Waals surface area contributed by atoms with Gasteiger partial charge in [0.1, 0.15) is 0 Å². The average Bonchev–Trinajstić information content (AvgIpc) is 2.16. The van der Waals surface area contributed by atoms with Crippen LogP contribution in [0.3, 0.4) is 0 Å². The van der Waals surface area contributed by atoms with Crippen molar-refractivity contribution < 1.29 is 4.79 Å². The number of amides is 1. The molecule has 0 aliphatic carbocycles. The number of carbonyl (C=O) groups excluding carboxylic acids is 1. The third kappa shape index (κ3) is 6.37. The molecule has 1 N–H and O–H groups in total. The summed E-state index contributed by atoms with van der Waals surface area (Å²) < 4.78 is 0. The summed E-state index contributed by atoms with van der Waals surface area (Å²) in [5.41, 5.74) is 0.896. The fourth-order valence-electron chi connectivity index (χ4n) is 0.940. The lowest BCUT2D eigenvalue weighted by atomic mass is 10.2. The number of nitrogens with one attached hydrogen (secondary N) is 1. The van der Waals surface area contributed by atoms with Crippen molar-refractivity contribution in [1.82, 2.24) is 5.32 Å². The molecule has 0 saturated carbocycles. The average molecular weight is 248 g/mol. The maximum atomic E-state index is 10.6. The topological polar surface area (TPSA) is 29.1 Å². The molecule has 0 fully saturated rings. The van der Waals surface area contributed by atoms with Crippen molar-refractivity contribution in [1.29, 1.82) is 0 Å². The molecule has 0 aliphatic heterocycles. The van der Waals surface area contributed by atoms with Crippen molar-refractivity contribution in [3.8, 4) is 0 Å². The minimum Gasteiger partial charge on any atom is -0.352 e. The van der Waals surface area contributed by atoms with Gasteiger partial charge in [0.15, 0.2) is 0 Å². The number of rotatable bonds is 2. The molecule has 84 valence electrons. The molecule has 15 heavy (non-hydrogen) atoms. The van der Waals surface area contributed by atoms with Crippen LogP contribution in [-0.4, -0.2) is 5.91 Å². The Morgan fingerprint density at radius 3 is 2.07 bits per heavy atom. The zero-order valence-corrected chi connectivity index (χ0v) is 10.6. The summed E-state index contributed by atoms with van der Waals surface area (Å²) in [5.74, 6) is -0.0731. The maximum Gasteiger partial charge on any atom is 0.217 e. The molecule has 1 aromatic carbocycles. The van der Waals surface area contributed by atoms with E-state index in [1.807, 2.05) is 13.8 Å². The van der Waals surface area contributed by atoms with Crippen molar-refractivity contribution in [2.24, 2.45) is 0 Å². The van der Waals surface area contributed by atoms with E-state index in [9.17, 15) is 4.79 Å². The van der Waals surface area contributed by atoms with Crippen LogP contribution >= 0.6 is 23.2 Å². The summed E-state index contributed by atoms with van der Waals surface area (Å²) in [4.78, 5) is 10.6. The molecule has 0 aromatic heterocycles. The SMILES string of the molecule is CC.CC(=O)NCc1cc(Cl)cc(Cl)c1. The van der Waals surface area contributed by atoms with Crippen LogP contribution in [0.4, 0.5) is 0 Å². The van der Waals surface area contributed by atoms with Crippen molar-refractivity contribution in [2.75, 3.05) is 0 Å². The van der Waals surface area contributed by atoms with Crippen LogP contribution in [0.1, 0.15) is 26.3 Å². The van der Waals surface area contributed by atoms with E-state index >= 15 is 0 Å².